The Morgan fingerprint density at radius 1 is 1.08 bits per heavy atom. The van der Waals surface area contributed by atoms with E-state index in [0.717, 1.165) is 11.3 Å². The fourth-order valence-corrected chi connectivity index (χ4v) is 2.51. The topological polar surface area (TPSA) is 59.0 Å². The molecule has 1 rings (SSSR count). The number of benzene rings is 1. The lowest BCUT2D eigenvalue weighted by Crippen LogP contribution is -2.41. The molecule has 1 aromatic rings. The Morgan fingerprint density at radius 3 is 2.08 bits per heavy atom. The second kappa shape index (κ2) is 9.33. The van der Waals surface area contributed by atoms with Gasteiger partial charge in [-0.05, 0) is 51.5 Å². The number of carbonyl (C=O) groups excluding carboxylic acids is 1. The number of aliphatic hydroxyl groups is 1. The van der Waals surface area contributed by atoms with Gasteiger partial charge in [-0.25, -0.2) is 4.79 Å². The fourth-order valence-electron chi connectivity index (χ4n) is 2.51. The van der Waals surface area contributed by atoms with Crippen LogP contribution in [-0.2, 0) is 4.74 Å². The van der Waals surface area contributed by atoms with E-state index < -0.39 is 6.10 Å². The molecule has 1 N–H and O–H groups in total. The van der Waals surface area contributed by atoms with E-state index in [0.29, 0.717) is 0 Å². The van der Waals surface area contributed by atoms with Gasteiger partial charge in [-0.1, -0.05) is 19.1 Å². The summed E-state index contributed by atoms with van der Waals surface area (Å²) in [6.45, 7) is 9.64. The highest BCUT2D eigenvalue weighted by molar-refractivity contribution is 5.68. The number of nitrogens with zero attached hydrogens (tertiary/aromatic N) is 1. The molecule has 0 unspecified atom stereocenters. The van der Waals surface area contributed by atoms with E-state index in [-0.39, 0.29) is 24.1 Å². The number of ether oxygens (including phenoxy) is 2. The summed E-state index contributed by atoms with van der Waals surface area (Å²) in [5, 5.41) is 10.4. The van der Waals surface area contributed by atoms with Crippen molar-refractivity contribution in [2.75, 3.05) is 7.11 Å². The molecule has 0 aliphatic heterocycles. The standard InChI is InChI=1S/C19H29NO4/c1-13(2)20(14(3)4)19(22)24-12-11-15(5)18(21)16-7-9-17(23-6)10-8-16/h7-15,18,21H,1-6H3/b12-11-/t15-,18-/m0/s1. The van der Waals surface area contributed by atoms with E-state index in [1.54, 1.807) is 30.2 Å². The number of amides is 1. The molecule has 0 aliphatic carbocycles. The van der Waals surface area contributed by atoms with Crippen LogP contribution in [0.5, 0.6) is 5.75 Å². The zero-order valence-corrected chi connectivity index (χ0v) is 15.4. The van der Waals surface area contributed by atoms with Crippen LogP contribution < -0.4 is 4.74 Å². The van der Waals surface area contributed by atoms with Crippen LogP contribution >= 0.6 is 0 Å². The van der Waals surface area contributed by atoms with Crippen molar-refractivity contribution in [3.8, 4) is 5.75 Å². The third kappa shape index (κ3) is 5.57. The monoisotopic (exact) mass is 335 g/mol. The second-order valence-corrected chi connectivity index (χ2v) is 6.38. The number of hydrogen-bond acceptors (Lipinski definition) is 4. The smallest absolute Gasteiger partial charge is 0.415 e. The summed E-state index contributed by atoms with van der Waals surface area (Å²) in [7, 11) is 1.60. The summed E-state index contributed by atoms with van der Waals surface area (Å²) >= 11 is 0. The highest BCUT2D eigenvalue weighted by Gasteiger charge is 2.21. The Labute approximate surface area is 144 Å². The Morgan fingerprint density at radius 2 is 1.62 bits per heavy atom. The van der Waals surface area contributed by atoms with Gasteiger partial charge in [0, 0.05) is 18.0 Å². The molecular formula is C19H29NO4. The number of aliphatic hydroxyl groups excluding tert-OH is 1. The van der Waals surface area contributed by atoms with Gasteiger partial charge >= 0.3 is 6.09 Å². The molecule has 134 valence electrons. The van der Waals surface area contributed by atoms with Gasteiger partial charge in [0.15, 0.2) is 0 Å². The average Bonchev–Trinajstić information content (AvgIpc) is 2.53. The summed E-state index contributed by atoms with van der Waals surface area (Å²) < 4.78 is 10.3. The van der Waals surface area contributed by atoms with Crippen molar-refractivity contribution in [3.63, 3.8) is 0 Å². The lowest BCUT2D eigenvalue weighted by Gasteiger charge is -2.29. The summed E-state index contributed by atoms with van der Waals surface area (Å²) in [4.78, 5) is 13.8. The molecule has 24 heavy (non-hydrogen) atoms. The Hall–Kier alpha value is -2.01. The summed E-state index contributed by atoms with van der Waals surface area (Å²) in [5.74, 6) is 0.545. The minimum absolute atomic E-state index is 0.0632. The molecule has 5 nitrogen and oxygen atoms in total. The van der Waals surface area contributed by atoms with Crippen LogP contribution in [0.15, 0.2) is 36.6 Å². The first-order chi connectivity index (χ1) is 11.3. The molecule has 0 saturated heterocycles. The average molecular weight is 335 g/mol. The normalized spacial score (nSPS) is 14.0. The van der Waals surface area contributed by atoms with E-state index in [1.807, 2.05) is 46.8 Å². The van der Waals surface area contributed by atoms with Gasteiger partial charge in [0.1, 0.15) is 5.75 Å². The first kappa shape index (κ1) is 20.0. The molecule has 0 aromatic heterocycles. The van der Waals surface area contributed by atoms with Gasteiger partial charge in [0.2, 0.25) is 0 Å². The third-order valence-electron chi connectivity index (χ3n) is 3.83. The molecule has 0 heterocycles. The van der Waals surface area contributed by atoms with E-state index in [2.05, 4.69) is 0 Å². The van der Waals surface area contributed by atoms with E-state index in [1.165, 1.54) is 6.26 Å². The molecular weight excluding hydrogens is 306 g/mol. The summed E-state index contributed by atoms with van der Waals surface area (Å²) in [6, 6.07) is 7.37. The second-order valence-electron chi connectivity index (χ2n) is 6.38. The largest absolute Gasteiger partial charge is 0.497 e. The van der Waals surface area contributed by atoms with Crippen molar-refractivity contribution in [1.29, 1.82) is 0 Å². The molecule has 5 heteroatoms. The Kier molecular flexibility index (Phi) is 7.79. The lowest BCUT2D eigenvalue weighted by atomic mass is 9.97. The Bertz CT molecular complexity index is 529. The highest BCUT2D eigenvalue weighted by atomic mass is 16.5. The summed E-state index contributed by atoms with van der Waals surface area (Å²) in [5.41, 5.74) is 0.783. The zero-order valence-electron chi connectivity index (χ0n) is 15.4. The minimum Gasteiger partial charge on any atom is -0.497 e. The molecule has 1 aromatic carbocycles. The maximum Gasteiger partial charge on any atom is 0.415 e. The van der Waals surface area contributed by atoms with Crippen LogP contribution in [0, 0.1) is 5.92 Å². The number of carbonyl (C=O) groups is 1. The van der Waals surface area contributed by atoms with Crippen molar-refractivity contribution in [2.45, 2.75) is 52.8 Å². The molecule has 0 saturated carbocycles. The molecule has 2 atom stereocenters. The van der Waals surface area contributed by atoms with E-state index >= 15 is 0 Å². The predicted molar refractivity (Wildman–Crippen MR) is 94.8 cm³/mol. The maximum atomic E-state index is 12.1. The summed E-state index contributed by atoms with van der Waals surface area (Å²) in [6.07, 6.45) is 1.97. The molecule has 0 aliphatic rings. The van der Waals surface area contributed by atoms with Gasteiger partial charge in [0.05, 0.1) is 19.5 Å². The number of rotatable bonds is 7. The molecule has 0 radical (unpaired) electrons. The minimum atomic E-state index is -0.683. The first-order valence-corrected chi connectivity index (χ1v) is 8.25. The molecule has 0 spiro atoms. The van der Waals surface area contributed by atoms with Gasteiger partial charge < -0.3 is 19.5 Å². The molecule has 0 fully saturated rings. The van der Waals surface area contributed by atoms with Crippen LogP contribution in [0.25, 0.3) is 0 Å². The molecule has 1 amide bonds. The third-order valence-corrected chi connectivity index (χ3v) is 3.83. The van der Waals surface area contributed by atoms with Crippen molar-refractivity contribution in [1.82, 2.24) is 4.90 Å². The van der Waals surface area contributed by atoms with Gasteiger partial charge in [-0.15, -0.1) is 0 Å². The first-order valence-electron chi connectivity index (χ1n) is 8.25. The predicted octanol–water partition coefficient (Wildman–Crippen LogP) is 4.13. The van der Waals surface area contributed by atoms with Crippen LogP contribution in [0.1, 0.15) is 46.3 Å². The van der Waals surface area contributed by atoms with Gasteiger partial charge in [-0.2, -0.15) is 0 Å². The van der Waals surface area contributed by atoms with Gasteiger partial charge in [0.25, 0.3) is 0 Å². The van der Waals surface area contributed by atoms with Gasteiger partial charge in [-0.3, -0.25) is 0 Å². The maximum absolute atomic E-state index is 12.1. The van der Waals surface area contributed by atoms with E-state index in [4.69, 9.17) is 9.47 Å². The number of methoxy groups -OCH3 is 1. The van der Waals surface area contributed by atoms with Crippen LogP contribution in [0.3, 0.4) is 0 Å². The van der Waals surface area contributed by atoms with Crippen molar-refractivity contribution in [2.24, 2.45) is 5.92 Å². The Balaban J connectivity index is 2.63. The number of hydrogen-bond donors (Lipinski definition) is 1. The van der Waals surface area contributed by atoms with Crippen LogP contribution in [-0.4, -0.2) is 35.3 Å². The quantitative estimate of drug-likeness (QED) is 0.761. The SMILES string of the molecule is COc1ccc([C@@H](O)[C@@H](C)/C=C\OC(=O)N(C(C)C)C(C)C)cc1. The zero-order chi connectivity index (χ0) is 18.3. The highest BCUT2D eigenvalue weighted by Crippen LogP contribution is 2.24. The van der Waals surface area contributed by atoms with E-state index in [9.17, 15) is 9.90 Å². The van der Waals surface area contributed by atoms with Crippen LogP contribution in [0.4, 0.5) is 4.79 Å². The fraction of sp³-hybridized carbons (Fsp3) is 0.526. The van der Waals surface area contributed by atoms with Crippen molar-refractivity contribution < 1.29 is 19.4 Å². The molecule has 0 bridgehead atoms. The van der Waals surface area contributed by atoms with Crippen molar-refractivity contribution >= 4 is 6.09 Å². The van der Waals surface area contributed by atoms with Crippen LogP contribution in [0.2, 0.25) is 0 Å². The lowest BCUT2D eigenvalue weighted by molar-refractivity contribution is 0.107. The van der Waals surface area contributed by atoms with Crippen molar-refractivity contribution in [3.05, 3.63) is 42.2 Å².